The summed E-state index contributed by atoms with van der Waals surface area (Å²) in [5.74, 6) is -1.12. The van der Waals surface area contributed by atoms with Gasteiger partial charge < -0.3 is 0 Å². The molecule has 3 aromatic rings. The van der Waals surface area contributed by atoms with Crippen molar-refractivity contribution >= 4 is 39.1 Å². The van der Waals surface area contributed by atoms with E-state index in [9.17, 15) is 18.0 Å². The lowest BCUT2D eigenvalue weighted by atomic mass is 10.1. The number of hydrogen-bond acceptors (Lipinski definition) is 4. The van der Waals surface area contributed by atoms with E-state index in [1.54, 1.807) is 25.1 Å². The molecular weight excluding hydrogens is 438 g/mol. The van der Waals surface area contributed by atoms with Gasteiger partial charge in [0.05, 0.1) is 4.90 Å². The maximum absolute atomic E-state index is 12.6. The van der Waals surface area contributed by atoms with E-state index in [2.05, 4.69) is 15.6 Å². The Hall–Kier alpha value is -3.36. The van der Waals surface area contributed by atoms with E-state index in [1.165, 1.54) is 36.4 Å². The number of rotatable bonds is 5. The molecule has 0 spiro atoms. The van der Waals surface area contributed by atoms with Crippen LogP contribution < -0.4 is 15.6 Å². The van der Waals surface area contributed by atoms with Crippen LogP contribution in [0.15, 0.2) is 71.6 Å². The molecule has 0 saturated heterocycles. The Labute approximate surface area is 185 Å². The molecule has 2 amide bonds. The number of carbonyl (C=O) groups excluding carboxylic acids is 2. The maximum Gasteiger partial charge on any atom is 0.269 e. The van der Waals surface area contributed by atoms with E-state index in [0.717, 1.165) is 11.1 Å². The number of anilines is 1. The van der Waals surface area contributed by atoms with Gasteiger partial charge in [-0.25, -0.2) is 8.42 Å². The number of aryl methyl sites for hydroxylation is 2. The number of hydrogen-bond donors (Lipinski definition) is 3. The van der Waals surface area contributed by atoms with Crippen LogP contribution in [0.3, 0.4) is 0 Å². The van der Waals surface area contributed by atoms with Crippen LogP contribution in [0.25, 0.3) is 0 Å². The predicted octanol–water partition coefficient (Wildman–Crippen LogP) is 3.83. The van der Waals surface area contributed by atoms with E-state index in [0.29, 0.717) is 16.3 Å². The van der Waals surface area contributed by atoms with Crippen LogP contribution in [0.1, 0.15) is 31.8 Å². The summed E-state index contributed by atoms with van der Waals surface area (Å²) in [7, 11) is -3.93. The monoisotopic (exact) mass is 457 g/mol. The topological polar surface area (TPSA) is 104 Å². The molecule has 160 valence electrons. The van der Waals surface area contributed by atoms with Gasteiger partial charge in [0.1, 0.15) is 0 Å². The van der Waals surface area contributed by atoms with Gasteiger partial charge in [0, 0.05) is 21.8 Å². The Morgan fingerprint density at radius 1 is 0.839 bits per heavy atom. The summed E-state index contributed by atoms with van der Waals surface area (Å²) in [6.45, 7) is 3.65. The Morgan fingerprint density at radius 2 is 1.52 bits per heavy atom. The van der Waals surface area contributed by atoms with E-state index >= 15 is 0 Å². The third kappa shape index (κ3) is 5.62. The Balaban J connectivity index is 1.71. The second-order valence-corrected chi connectivity index (χ2v) is 8.99. The highest BCUT2D eigenvalue weighted by molar-refractivity contribution is 7.92. The molecule has 0 bridgehead atoms. The standard InChI is InChI=1S/C22H20ClN3O4S/c1-14-6-7-15(2)20(12-14)22(28)25-24-21(27)16-4-3-5-19(13-16)31(29,30)26-18-10-8-17(23)9-11-18/h3-13,26H,1-2H3,(H,24,27)(H,25,28). The number of nitrogens with one attached hydrogen (secondary N) is 3. The van der Waals surface area contributed by atoms with Crippen molar-refractivity contribution in [3.8, 4) is 0 Å². The third-order valence-electron chi connectivity index (χ3n) is 4.43. The number of amides is 2. The Kier molecular flexibility index (Phi) is 6.62. The van der Waals surface area contributed by atoms with Gasteiger partial charge in [-0.15, -0.1) is 0 Å². The predicted molar refractivity (Wildman–Crippen MR) is 120 cm³/mol. The molecule has 3 rings (SSSR count). The molecule has 0 fully saturated rings. The van der Waals surface area contributed by atoms with Crippen molar-refractivity contribution in [2.75, 3.05) is 4.72 Å². The minimum Gasteiger partial charge on any atom is -0.280 e. The first-order valence-corrected chi connectivity index (χ1v) is 11.1. The fourth-order valence-electron chi connectivity index (χ4n) is 2.77. The fraction of sp³-hybridized carbons (Fsp3) is 0.0909. The van der Waals surface area contributed by atoms with Crippen molar-refractivity contribution in [1.29, 1.82) is 0 Å². The van der Waals surface area contributed by atoms with Gasteiger partial charge in [-0.1, -0.05) is 35.4 Å². The first-order valence-electron chi connectivity index (χ1n) is 9.22. The molecule has 0 aromatic heterocycles. The highest BCUT2D eigenvalue weighted by Gasteiger charge is 2.17. The van der Waals surface area contributed by atoms with Gasteiger partial charge in [0.15, 0.2) is 0 Å². The van der Waals surface area contributed by atoms with Crippen LogP contribution in [0, 0.1) is 13.8 Å². The van der Waals surface area contributed by atoms with Crippen molar-refractivity contribution in [3.05, 3.63) is 94.0 Å². The molecule has 0 aliphatic rings. The fourth-order valence-corrected chi connectivity index (χ4v) is 4.00. The minimum atomic E-state index is -3.93. The lowest BCUT2D eigenvalue weighted by Crippen LogP contribution is -2.42. The molecular formula is C22H20ClN3O4S. The summed E-state index contributed by atoms with van der Waals surface area (Å²) in [5.41, 5.74) is 7.17. The quantitative estimate of drug-likeness (QED) is 0.506. The molecule has 0 aliphatic carbocycles. The van der Waals surface area contributed by atoms with Crippen LogP contribution in [-0.2, 0) is 10.0 Å². The molecule has 3 N–H and O–H groups in total. The minimum absolute atomic E-state index is 0.0697. The molecule has 0 radical (unpaired) electrons. The second-order valence-electron chi connectivity index (χ2n) is 6.87. The van der Waals surface area contributed by atoms with Crippen LogP contribution in [0.2, 0.25) is 5.02 Å². The van der Waals surface area contributed by atoms with Gasteiger partial charge in [-0.05, 0) is 67.9 Å². The molecule has 7 nitrogen and oxygen atoms in total. The van der Waals surface area contributed by atoms with E-state index < -0.39 is 21.8 Å². The summed E-state index contributed by atoms with van der Waals surface area (Å²) < 4.78 is 27.7. The van der Waals surface area contributed by atoms with E-state index in [1.807, 2.05) is 19.1 Å². The zero-order valence-electron chi connectivity index (χ0n) is 16.8. The number of hydrazine groups is 1. The Bertz CT molecular complexity index is 1240. The molecule has 0 saturated carbocycles. The van der Waals surface area contributed by atoms with Crippen molar-refractivity contribution in [2.45, 2.75) is 18.7 Å². The summed E-state index contributed by atoms with van der Waals surface area (Å²) in [5, 5.41) is 0.476. The SMILES string of the molecule is Cc1ccc(C)c(C(=O)NNC(=O)c2cccc(S(=O)(=O)Nc3ccc(Cl)cc3)c2)c1. The molecule has 3 aromatic carbocycles. The molecule has 9 heteroatoms. The lowest BCUT2D eigenvalue weighted by molar-refractivity contribution is 0.0846. The number of halogens is 1. The molecule has 0 atom stereocenters. The van der Waals surface area contributed by atoms with Gasteiger partial charge in [0.2, 0.25) is 0 Å². The summed E-state index contributed by atoms with van der Waals surface area (Å²) >= 11 is 5.81. The van der Waals surface area contributed by atoms with Gasteiger partial charge in [-0.3, -0.25) is 25.2 Å². The normalized spacial score (nSPS) is 10.9. The highest BCUT2D eigenvalue weighted by atomic mass is 35.5. The van der Waals surface area contributed by atoms with Crippen molar-refractivity contribution in [1.82, 2.24) is 10.9 Å². The van der Waals surface area contributed by atoms with Crippen molar-refractivity contribution in [2.24, 2.45) is 0 Å². The van der Waals surface area contributed by atoms with Crippen molar-refractivity contribution < 1.29 is 18.0 Å². The van der Waals surface area contributed by atoms with Crippen LogP contribution in [0.5, 0.6) is 0 Å². The maximum atomic E-state index is 12.6. The van der Waals surface area contributed by atoms with Crippen LogP contribution in [0.4, 0.5) is 5.69 Å². The van der Waals surface area contributed by atoms with E-state index in [4.69, 9.17) is 11.6 Å². The summed E-state index contributed by atoms with van der Waals surface area (Å²) in [4.78, 5) is 24.7. The smallest absolute Gasteiger partial charge is 0.269 e. The van der Waals surface area contributed by atoms with Crippen molar-refractivity contribution in [3.63, 3.8) is 0 Å². The third-order valence-corrected chi connectivity index (χ3v) is 6.06. The first kappa shape index (κ1) is 22.3. The Morgan fingerprint density at radius 3 is 2.23 bits per heavy atom. The van der Waals surface area contributed by atoms with E-state index in [-0.39, 0.29) is 10.5 Å². The summed E-state index contributed by atoms with van der Waals surface area (Å²) in [6.07, 6.45) is 0. The molecule has 0 heterocycles. The molecule has 0 unspecified atom stereocenters. The lowest BCUT2D eigenvalue weighted by Gasteiger charge is -2.11. The largest absolute Gasteiger partial charge is 0.280 e. The average molecular weight is 458 g/mol. The molecule has 31 heavy (non-hydrogen) atoms. The number of carbonyl (C=O) groups is 2. The van der Waals surface area contributed by atoms with Gasteiger partial charge in [-0.2, -0.15) is 0 Å². The molecule has 0 aliphatic heterocycles. The number of benzene rings is 3. The summed E-state index contributed by atoms with van der Waals surface area (Å²) in [6, 6.07) is 17.1. The highest BCUT2D eigenvalue weighted by Crippen LogP contribution is 2.19. The average Bonchev–Trinajstić information content (AvgIpc) is 2.75. The number of sulfonamides is 1. The van der Waals surface area contributed by atoms with Crippen LogP contribution >= 0.6 is 11.6 Å². The first-order chi connectivity index (χ1) is 14.7. The van der Waals surface area contributed by atoms with Gasteiger partial charge in [0.25, 0.3) is 21.8 Å². The second kappa shape index (κ2) is 9.20. The zero-order chi connectivity index (χ0) is 22.6. The zero-order valence-corrected chi connectivity index (χ0v) is 18.3. The van der Waals surface area contributed by atoms with Crippen LogP contribution in [-0.4, -0.2) is 20.2 Å². The van der Waals surface area contributed by atoms with Gasteiger partial charge >= 0.3 is 0 Å².